The Bertz CT molecular complexity index is 515. The molecule has 1 heterocycles. The summed E-state index contributed by atoms with van der Waals surface area (Å²) >= 11 is 0. The fourth-order valence-electron chi connectivity index (χ4n) is 1.35. The van der Waals surface area contributed by atoms with E-state index in [1.54, 1.807) is 25.4 Å². The highest BCUT2D eigenvalue weighted by atomic mass is 16.5. The third-order valence-electron chi connectivity index (χ3n) is 2.71. The van der Waals surface area contributed by atoms with Crippen LogP contribution in [0.2, 0.25) is 0 Å². The van der Waals surface area contributed by atoms with Crippen molar-refractivity contribution in [2.75, 3.05) is 20.3 Å². The molecule has 20 heavy (non-hydrogen) atoms. The van der Waals surface area contributed by atoms with Crippen LogP contribution in [0, 0.1) is 11.8 Å². The number of carbonyl (C=O) groups excluding carboxylic acids is 1. The Balaban J connectivity index is 2.81. The Kier molecular flexibility index (Phi) is 6.16. The Morgan fingerprint density at radius 2 is 2.30 bits per heavy atom. The Hall–Kier alpha value is -1.90. The Morgan fingerprint density at radius 3 is 2.95 bits per heavy atom. The lowest BCUT2D eigenvalue weighted by atomic mass is 10.1. The number of ether oxygens (including phenoxy) is 1. The molecule has 2 N–H and O–H groups in total. The number of pyridine rings is 1. The summed E-state index contributed by atoms with van der Waals surface area (Å²) in [5.74, 6) is 5.34. The van der Waals surface area contributed by atoms with Gasteiger partial charge in [0.1, 0.15) is 5.69 Å². The molecule has 0 aromatic carbocycles. The van der Waals surface area contributed by atoms with Crippen LogP contribution < -0.4 is 5.32 Å². The quantitative estimate of drug-likeness (QED) is 0.786. The van der Waals surface area contributed by atoms with E-state index in [0.29, 0.717) is 18.5 Å². The predicted molar refractivity (Wildman–Crippen MR) is 76.2 cm³/mol. The van der Waals surface area contributed by atoms with Crippen molar-refractivity contribution in [3.05, 3.63) is 29.6 Å². The summed E-state index contributed by atoms with van der Waals surface area (Å²) in [6.45, 7) is 4.14. The first-order valence-electron chi connectivity index (χ1n) is 6.38. The van der Waals surface area contributed by atoms with Crippen LogP contribution >= 0.6 is 0 Å². The number of hydrogen-bond acceptors (Lipinski definition) is 4. The number of hydrogen-bond donors (Lipinski definition) is 2. The van der Waals surface area contributed by atoms with E-state index < -0.39 is 5.60 Å². The largest absolute Gasteiger partial charge is 0.395 e. The predicted octanol–water partition coefficient (Wildman–Crippen LogP) is 0.970. The van der Waals surface area contributed by atoms with E-state index in [4.69, 9.17) is 9.84 Å². The highest BCUT2D eigenvalue weighted by Gasteiger charge is 2.19. The number of aliphatic hydroxyl groups is 1. The minimum Gasteiger partial charge on any atom is -0.395 e. The lowest BCUT2D eigenvalue weighted by molar-refractivity contribution is 0.0228. The lowest BCUT2D eigenvalue weighted by Gasteiger charge is -2.23. The van der Waals surface area contributed by atoms with Gasteiger partial charge in [-0.25, -0.2) is 4.98 Å². The number of amides is 1. The van der Waals surface area contributed by atoms with Crippen molar-refractivity contribution >= 4 is 5.91 Å². The second kappa shape index (κ2) is 7.63. The Morgan fingerprint density at radius 1 is 1.55 bits per heavy atom. The molecule has 1 amide bonds. The van der Waals surface area contributed by atoms with E-state index in [9.17, 15) is 4.79 Å². The minimum absolute atomic E-state index is 0.00315. The summed E-state index contributed by atoms with van der Waals surface area (Å²) in [4.78, 5) is 16.2. The molecule has 0 spiro atoms. The van der Waals surface area contributed by atoms with E-state index in [1.807, 2.05) is 13.8 Å². The third kappa shape index (κ3) is 5.00. The lowest BCUT2D eigenvalue weighted by Crippen LogP contribution is -2.40. The van der Waals surface area contributed by atoms with Gasteiger partial charge < -0.3 is 15.2 Å². The summed E-state index contributed by atoms with van der Waals surface area (Å²) in [6, 6.07) is 3.45. The van der Waals surface area contributed by atoms with Crippen molar-refractivity contribution in [1.82, 2.24) is 10.3 Å². The molecule has 1 rings (SSSR count). The van der Waals surface area contributed by atoms with Gasteiger partial charge in [-0.3, -0.25) is 4.79 Å². The molecule has 0 atom stereocenters. The van der Waals surface area contributed by atoms with E-state index in [0.717, 1.165) is 0 Å². The van der Waals surface area contributed by atoms with Gasteiger partial charge in [-0.05, 0) is 26.0 Å². The first-order valence-corrected chi connectivity index (χ1v) is 6.38. The zero-order valence-electron chi connectivity index (χ0n) is 12.1. The first-order chi connectivity index (χ1) is 9.50. The minimum atomic E-state index is -0.437. The normalized spacial score (nSPS) is 10.6. The van der Waals surface area contributed by atoms with Gasteiger partial charge in [-0.2, -0.15) is 0 Å². The maximum absolute atomic E-state index is 12.1. The van der Waals surface area contributed by atoms with Crippen molar-refractivity contribution in [3.8, 4) is 11.8 Å². The van der Waals surface area contributed by atoms with E-state index >= 15 is 0 Å². The van der Waals surface area contributed by atoms with Crippen molar-refractivity contribution in [2.24, 2.45) is 0 Å². The molecule has 0 bridgehead atoms. The van der Waals surface area contributed by atoms with Crippen LogP contribution in [0.15, 0.2) is 18.3 Å². The number of aliphatic hydroxyl groups excluding tert-OH is 1. The van der Waals surface area contributed by atoms with E-state index in [2.05, 4.69) is 22.1 Å². The molecule has 0 saturated heterocycles. The molecule has 1 aromatic heterocycles. The maximum Gasteiger partial charge on any atom is 0.271 e. The van der Waals surface area contributed by atoms with Gasteiger partial charge in [0.2, 0.25) is 0 Å². The molecule has 0 unspecified atom stereocenters. The van der Waals surface area contributed by atoms with E-state index in [1.165, 1.54) is 0 Å². The number of aromatic nitrogens is 1. The topological polar surface area (TPSA) is 71.5 Å². The van der Waals surface area contributed by atoms with Crippen molar-refractivity contribution in [2.45, 2.75) is 25.9 Å². The van der Waals surface area contributed by atoms with Crippen LogP contribution in [0.1, 0.15) is 36.3 Å². The van der Waals surface area contributed by atoms with Crippen molar-refractivity contribution in [3.63, 3.8) is 0 Å². The maximum atomic E-state index is 12.1. The standard InChI is InChI=1S/C15H20N2O3/c1-15(2,20-3)11-17-14(19)13-12(7-4-5-10-18)8-6-9-16-13/h6,8-9,18H,5,10-11H2,1-3H3,(H,17,19). The summed E-state index contributed by atoms with van der Waals surface area (Å²) in [5.41, 5.74) is 0.395. The summed E-state index contributed by atoms with van der Waals surface area (Å²) in [5, 5.41) is 11.5. The van der Waals surface area contributed by atoms with Crippen LogP contribution in [0.5, 0.6) is 0 Å². The second-order valence-corrected chi connectivity index (χ2v) is 4.82. The van der Waals surface area contributed by atoms with Crippen LogP contribution in [0.3, 0.4) is 0 Å². The number of nitrogens with zero attached hydrogens (tertiary/aromatic N) is 1. The second-order valence-electron chi connectivity index (χ2n) is 4.82. The molecule has 108 valence electrons. The van der Waals surface area contributed by atoms with Gasteiger partial charge in [0.25, 0.3) is 5.91 Å². The molecule has 0 fully saturated rings. The van der Waals surface area contributed by atoms with Crippen LogP contribution in [0.25, 0.3) is 0 Å². The van der Waals surface area contributed by atoms with E-state index in [-0.39, 0.29) is 18.2 Å². The Labute approximate surface area is 119 Å². The molecule has 0 aliphatic rings. The van der Waals surface area contributed by atoms with Gasteiger partial charge in [-0.15, -0.1) is 0 Å². The van der Waals surface area contributed by atoms with Gasteiger partial charge in [0.05, 0.1) is 17.8 Å². The number of methoxy groups -OCH3 is 1. The number of carbonyl (C=O) groups is 1. The van der Waals surface area contributed by atoms with Crippen molar-refractivity contribution < 1.29 is 14.6 Å². The monoisotopic (exact) mass is 276 g/mol. The summed E-state index contributed by atoms with van der Waals surface area (Å²) < 4.78 is 5.24. The van der Waals surface area contributed by atoms with Crippen molar-refractivity contribution in [1.29, 1.82) is 0 Å². The molecule has 5 heteroatoms. The fraction of sp³-hybridized carbons (Fsp3) is 0.467. The fourth-order valence-corrected chi connectivity index (χ4v) is 1.35. The third-order valence-corrected chi connectivity index (χ3v) is 2.71. The average molecular weight is 276 g/mol. The van der Waals surface area contributed by atoms with Gasteiger partial charge in [-0.1, -0.05) is 11.8 Å². The highest BCUT2D eigenvalue weighted by Crippen LogP contribution is 2.07. The van der Waals surface area contributed by atoms with Crippen LogP contribution in [0.4, 0.5) is 0 Å². The molecule has 0 radical (unpaired) electrons. The zero-order valence-corrected chi connectivity index (χ0v) is 12.1. The van der Waals surface area contributed by atoms with Gasteiger partial charge >= 0.3 is 0 Å². The average Bonchev–Trinajstić information content (AvgIpc) is 2.46. The number of nitrogens with one attached hydrogen (secondary N) is 1. The molecule has 0 aliphatic heterocycles. The highest BCUT2D eigenvalue weighted by molar-refractivity contribution is 5.94. The first kappa shape index (κ1) is 16.2. The molecular formula is C15H20N2O3. The zero-order chi connectivity index (χ0) is 15.0. The van der Waals surface area contributed by atoms with Crippen LogP contribution in [-0.2, 0) is 4.74 Å². The molecule has 1 aromatic rings. The summed E-state index contributed by atoms with van der Waals surface area (Å²) in [6.07, 6.45) is 1.92. The molecule has 0 saturated carbocycles. The van der Waals surface area contributed by atoms with Gasteiger partial charge in [0, 0.05) is 26.3 Å². The summed E-state index contributed by atoms with van der Waals surface area (Å²) in [7, 11) is 1.60. The molecule has 0 aliphatic carbocycles. The smallest absolute Gasteiger partial charge is 0.271 e. The number of rotatable bonds is 5. The molecular weight excluding hydrogens is 256 g/mol. The molecule has 5 nitrogen and oxygen atoms in total. The van der Waals surface area contributed by atoms with Crippen LogP contribution in [-0.4, -0.2) is 41.9 Å². The van der Waals surface area contributed by atoms with Gasteiger partial charge in [0.15, 0.2) is 0 Å². The SMILES string of the molecule is COC(C)(C)CNC(=O)c1ncccc1C#CCCO.